The first kappa shape index (κ1) is 12.8. The second kappa shape index (κ2) is 5.34. The summed E-state index contributed by atoms with van der Waals surface area (Å²) in [5.74, 6) is -0.235. The number of nitrogens with one attached hydrogen (secondary N) is 1. The highest BCUT2D eigenvalue weighted by molar-refractivity contribution is 6.30. The SMILES string of the molecule is OCC1(Cc2cc(Cl)ccc2F)CCNCC1. The molecule has 0 aliphatic carbocycles. The third-order valence-corrected chi connectivity index (χ3v) is 3.81. The molecule has 0 radical (unpaired) electrons. The third kappa shape index (κ3) is 2.97. The Kier molecular flexibility index (Phi) is 4.02. The molecular weight excluding hydrogens is 241 g/mol. The van der Waals surface area contributed by atoms with E-state index in [2.05, 4.69) is 5.32 Å². The number of aliphatic hydroxyl groups excluding tert-OH is 1. The van der Waals surface area contributed by atoms with Crippen LogP contribution in [0.3, 0.4) is 0 Å². The van der Waals surface area contributed by atoms with E-state index in [9.17, 15) is 9.50 Å². The Balaban J connectivity index is 2.20. The van der Waals surface area contributed by atoms with Crippen LogP contribution < -0.4 is 5.32 Å². The zero-order valence-corrected chi connectivity index (χ0v) is 10.4. The molecule has 0 spiro atoms. The molecule has 1 aromatic carbocycles. The quantitative estimate of drug-likeness (QED) is 0.872. The third-order valence-electron chi connectivity index (χ3n) is 3.57. The van der Waals surface area contributed by atoms with Crippen molar-refractivity contribution in [1.29, 1.82) is 0 Å². The van der Waals surface area contributed by atoms with Gasteiger partial charge >= 0.3 is 0 Å². The lowest BCUT2D eigenvalue weighted by Gasteiger charge is -2.36. The van der Waals surface area contributed by atoms with Crippen LogP contribution in [0.15, 0.2) is 18.2 Å². The van der Waals surface area contributed by atoms with Gasteiger partial charge in [-0.15, -0.1) is 0 Å². The maximum Gasteiger partial charge on any atom is 0.126 e. The molecule has 0 saturated carbocycles. The van der Waals surface area contributed by atoms with Gasteiger partial charge in [0.25, 0.3) is 0 Å². The van der Waals surface area contributed by atoms with Gasteiger partial charge < -0.3 is 10.4 Å². The van der Waals surface area contributed by atoms with Gasteiger partial charge in [0, 0.05) is 11.6 Å². The Morgan fingerprint density at radius 2 is 2.06 bits per heavy atom. The summed E-state index contributed by atoms with van der Waals surface area (Å²) in [6, 6.07) is 4.61. The van der Waals surface area contributed by atoms with Gasteiger partial charge in [-0.25, -0.2) is 4.39 Å². The highest BCUT2D eigenvalue weighted by atomic mass is 35.5. The molecule has 0 atom stereocenters. The maximum absolute atomic E-state index is 13.7. The molecule has 2 rings (SSSR count). The maximum atomic E-state index is 13.7. The summed E-state index contributed by atoms with van der Waals surface area (Å²) in [4.78, 5) is 0. The fraction of sp³-hybridized carbons (Fsp3) is 0.538. The number of benzene rings is 1. The largest absolute Gasteiger partial charge is 0.396 e. The van der Waals surface area contributed by atoms with E-state index < -0.39 is 0 Å². The van der Waals surface area contributed by atoms with Crippen LogP contribution in [0.2, 0.25) is 5.02 Å². The average Bonchev–Trinajstić information content (AvgIpc) is 2.35. The van der Waals surface area contributed by atoms with Crippen LogP contribution in [-0.2, 0) is 6.42 Å². The molecule has 1 heterocycles. The monoisotopic (exact) mass is 257 g/mol. The van der Waals surface area contributed by atoms with Crippen molar-refractivity contribution in [1.82, 2.24) is 5.32 Å². The van der Waals surface area contributed by atoms with Gasteiger partial charge in [-0.1, -0.05) is 11.6 Å². The summed E-state index contributed by atoms with van der Waals surface area (Å²) < 4.78 is 13.7. The second-order valence-corrected chi connectivity index (χ2v) is 5.26. The van der Waals surface area contributed by atoms with E-state index in [-0.39, 0.29) is 17.8 Å². The van der Waals surface area contributed by atoms with Gasteiger partial charge in [-0.3, -0.25) is 0 Å². The number of aliphatic hydroxyl groups is 1. The van der Waals surface area contributed by atoms with E-state index in [0.717, 1.165) is 25.9 Å². The molecule has 1 aliphatic heterocycles. The van der Waals surface area contributed by atoms with E-state index in [0.29, 0.717) is 17.0 Å². The Morgan fingerprint density at radius 1 is 1.35 bits per heavy atom. The number of hydrogen-bond donors (Lipinski definition) is 2. The van der Waals surface area contributed by atoms with Gasteiger partial charge in [-0.05, 0) is 61.5 Å². The van der Waals surface area contributed by atoms with Crippen molar-refractivity contribution in [2.75, 3.05) is 19.7 Å². The van der Waals surface area contributed by atoms with E-state index in [1.165, 1.54) is 6.07 Å². The first-order valence-corrected chi connectivity index (χ1v) is 6.29. The normalized spacial score (nSPS) is 19.2. The fourth-order valence-electron chi connectivity index (χ4n) is 2.43. The Morgan fingerprint density at radius 3 is 2.71 bits per heavy atom. The van der Waals surface area contributed by atoms with E-state index >= 15 is 0 Å². The van der Waals surface area contributed by atoms with Crippen molar-refractivity contribution in [3.8, 4) is 0 Å². The molecule has 1 aromatic rings. The summed E-state index contributed by atoms with van der Waals surface area (Å²) in [6.07, 6.45) is 2.29. The summed E-state index contributed by atoms with van der Waals surface area (Å²) in [6.45, 7) is 1.85. The zero-order valence-electron chi connectivity index (χ0n) is 9.68. The molecule has 2 N–H and O–H groups in total. The number of hydrogen-bond acceptors (Lipinski definition) is 2. The van der Waals surface area contributed by atoms with Gasteiger partial charge in [0.15, 0.2) is 0 Å². The van der Waals surface area contributed by atoms with Crippen LogP contribution in [0.4, 0.5) is 4.39 Å². The standard InChI is InChI=1S/C13H17ClFNO/c14-11-1-2-12(15)10(7-11)8-13(9-17)3-5-16-6-4-13/h1-2,7,16-17H,3-6,8-9H2. The number of halogens is 2. The first-order chi connectivity index (χ1) is 8.15. The summed E-state index contributed by atoms with van der Waals surface area (Å²) in [7, 11) is 0. The average molecular weight is 258 g/mol. The van der Waals surface area contributed by atoms with Crippen molar-refractivity contribution < 1.29 is 9.50 Å². The molecule has 0 amide bonds. The lowest BCUT2D eigenvalue weighted by atomic mass is 9.75. The Bertz CT molecular complexity index is 391. The molecule has 17 heavy (non-hydrogen) atoms. The van der Waals surface area contributed by atoms with Gasteiger partial charge in [0.2, 0.25) is 0 Å². The molecule has 1 aliphatic rings. The Hall–Kier alpha value is -0.640. The predicted octanol–water partition coefficient (Wildman–Crippen LogP) is 2.38. The van der Waals surface area contributed by atoms with Crippen molar-refractivity contribution in [3.63, 3.8) is 0 Å². The molecule has 94 valence electrons. The number of piperidine rings is 1. The van der Waals surface area contributed by atoms with Crippen LogP contribution in [0.1, 0.15) is 18.4 Å². The van der Waals surface area contributed by atoms with Crippen LogP contribution in [0.5, 0.6) is 0 Å². The van der Waals surface area contributed by atoms with Gasteiger partial charge in [0.1, 0.15) is 5.82 Å². The summed E-state index contributed by atoms with van der Waals surface area (Å²) >= 11 is 5.88. The van der Waals surface area contributed by atoms with E-state index in [1.54, 1.807) is 12.1 Å². The van der Waals surface area contributed by atoms with Crippen LogP contribution in [0.25, 0.3) is 0 Å². The molecule has 0 aromatic heterocycles. The van der Waals surface area contributed by atoms with Crippen LogP contribution >= 0.6 is 11.6 Å². The summed E-state index contributed by atoms with van der Waals surface area (Å²) in [5, 5.41) is 13.4. The lowest BCUT2D eigenvalue weighted by Crippen LogP contribution is -2.40. The predicted molar refractivity (Wildman–Crippen MR) is 66.7 cm³/mol. The molecule has 4 heteroatoms. The van der Waals surface area contributed by atoms with Crippen molar-refractivity contribution in [3.05, 3.63) is 34.6 Å². The smallest absolute Gasteiger partial charge is 0.126 e. The second-order valence-electron chi connectivity index (χ2n) is 4.82. The van der Waals surface area contributed by atoms with Crippen molar-refractivity contribution in [2.24, 2.45) is 5.41 Å². The van der Waals surface area contributed by atoms with Crippen LogP contribution in [0, 0.1) is 11.2 Å². The van der Waals surface area contributed by atoms with Crippen LogP contribution in [-0.4, -0.2) is 24.8 Å². The molecule has 0 bridgehead atoms. The lowest BCUT2D eigenvalue weighted by molar-refractivity contribution is 0.0884. The molecule has 0 unspecified atom stereocenters. The highest BCUT2D eigenvalue weighted by Crippen LogP contribution is 2.33. The number of rotatable bonds is 3. The highest BCUT2D eigenvalue weighted by Gasteiger charge is 2.32. The van der Waals surface area contributed by atoms with E-state index in [1.807, 2.05) is 0 Å². The van der Waals surface area contributed by atoms with Crippen molar-refractivity contribution >= 4 is 11.6 Å². The zero-order chi connectivity index (χ0) is 12.3. The molecular formula is C13H17ClFNO. The van der Waals surface area contributed by atoms with Crippen molar-refractivity contribution in [2.45, 2.75) is 19.3 Å². The minimum Gasteiger partial charge on any atom is -0.396 e. The molecule has 2 nitrogen and oxygen atoms in total. The minimum absolute atomic E-state index is 0.0979. The topological polar surface area (TPSA) is 32.3 Å². The van der Waals surface area contributed by atoms with Gasteiger partial charge in [-0.2, -0.15) is 0 Å². The minimum atomic E-state index is -0.235. The Labute approximate surface area is 106 Å². The van der Waals surface area contributed by atoms with E-state index in [4.69, 9.17) is 11.6 Å². The van der Waals surface area contributed by atoms with Gasteiger partial charge in [0.05, 0.1) is 0 Å². The molecule has 1 fully saturated rings. The fourth-order valence-corrected chi connectivity index (χ4v) is 2.63. The summed E-state index contributed by atoms with van der Waals surface area (Å²) in [5.41, 5.74) is 0.407. The first-order valence-electron chi connectivity index (χ1n) is 5.91. The molecule has 1 saturated heterocycles.